The second-order valence-electron chi connectivity index (χ2n) is 5.01. The van der Waals surface area contributed by atoms with E-state index in [2.05, 4.69) is 44.5 Å². The number of furan rings is 1. The maximum Gasteiger partial charge on any atom is 0.178 e. The summed E-state index contributed by atoms with van der Waals surface area (Å²) in [6, 6.07) is 8.34. The lowest BCUT2D eigenvalue weighted by atomic mass is 10.1. The second kappa shape index (κ2) is 4.90. The standard InChI is InChI=1S/C15H15BrN2OS/c1-8-6-12(10(3)19-8)9(2)18-14-7-11(16)4-5-13(14)17-15(18)20/h4-7,9H,1-3H3,(H,17,20). The van der Waals surface area contributed by atoms with E-state index in [9.17, 15) is 0 Å². The SMILES string of the molecule is Cc1cc(C(C)n2c(=S)[nH]c3ccc(Br)cc32)c(C)o1. The summed E-state index contributed by atoms with van der Waals surface area (Å²) in [5, 5.41) is 0. The van der Waals surface area contributed by atoms with Gasteiger partial charge in [0.25, 0.3) is 0 Å². The molecule has 0 fully saturated rings. The molecule has 0 aliphatic rings. The first-order valence-corrected chi connectivity index (χ1v) is 7.64. The van der Waals surface area contributed by atoms with Crippen LogP contribution in [-0.2, 0) is 0 Å². The summed E-state index contributed by atoms with van der Waals surface area (Å²) in [7, 11) is 0. The van der Waals surface area contributed by atoms with E-state index in [-0.39, 0.29) is 6.04 Å². The molecule has 0 radical (unpaired) electrons. The highest BCUT2D eigenvalue weighted by Gasteiger charge is 2.17. The molecule has 2 aromatic heterocycles. The van der Waals surface area contributed by atoms with Crippen molar-refractivity contribution >= 4 is 39.2 Å². The van der Waals surface area contributed by atoms with Gasteiger partial charge in [-0.2, -0.15) is 0 Å². The van der Waals surface area contributed by atoms with Gasteiger partial charge in [-0.3, -0.25) is 0 Å². The first kappa shape index (κ1) is 13.6. The second-order valence-corrected chi connectivity index (χ2v) is 6.31. The van der Waals surface area contributed by atoms with Crippen molar-refractivity contribution in [2.45, 2.75) is 26.8 Å². The number of aryl methyl sites for hydroxylation is 2. The number of benzene rings is 1. The Morgan fingerprint density at radius 1 is 1.30 bits per heavy atom. The van der Waals surface area contributed by atoms with Crippen LogP contribution in [0.5, 0.6) is 0 Å². The minimum absolute atomic E-state index is 0.128. The summed E-state index contributed by atoms with van der Waals surface area (Å²) in [6.45, 7) is 6.10. The van der Waals surface area contributed by atoms with E-state index in [0.29, 0.717) is 0 Å². The maximum absolute atomic E-state index is 5.64. The van der Waals surface area contributed by atoms with Crippen molar-refractivity contribution in [3.63, 3.8) is 0 Å². The van der Waals surface area contributed by atoms with Gasteiger partial charge in [-0.15, -0.1) is 0 Å². The average molecular weight is 351 g/mol. The molecule has 1 N–H and O–H groups in total. The maximum atomic E-state index is 5.64. The number of aromatic nitrogens is 2. The quantitative estimate of drug-likeness (QED) is 0.637. The smallest absolute Gasteiger partial charge is 0.178 e. The van der Waals surface area contributed by atoms with Crippen LogP contribution in [-0.4, -0.2) is 9.55 Å². The van der Waals surface area contributed by atoms with E-state index in [1.165, 1.54) is 5.56 Å². The first-order valence-electron chi connectivity index (χ1n) is 6.44. The molecule has 0 amide bonds. The Labute approximate surface area is 130 Å². The molecule has 1 aromatic carbocycles. The number of imidazole rings is 1. The lowest BCUT2D eigenvalue weighted by molar-refractivity contribution is 0.495. The molecular weight excluding hydrogens is 336 g/mol. The highest BCUT2D eigenvalue weighted by atomic mass is 79.9. The average Bonchev–Trinajstić information content (AvgIpc) is 2.87. The third-order valence-corrected chi connectivity index (χ3v) is 4.39. The number of hydrogen-bond donors (Lipinski definition) is 1. The molecule has 20 heavy (non-hydrogen) atoms. The van der Waals surface area contributed by atoms with Crippen molar-refractivity contribution in [3.05, 3.63) is 50.6 Å². The van der Waals surface area contributed by atoms with Gasteiger partial charge in [0.1, 0.15) is 11.5 Å². The molecule has 0 saturated heterocycles. The number of hydrogen-bond acceptors (Lipinski definition) is 2. The fourth-order valence-electron chi connectivity index (χ4n) is 2.68. The molecule has 3 aromatic rings. The number of nitrogens with one attached hydrogen (secondary N) is 1. The van der Waals surface area contributed by atoms with Crippen LogP contribution in [0.1, 0.15) is 30.0 Å². The van der Waals surface area contributed by atoms with Gasteiger partial charge in [0.15, 0.2) is 4.77 Å². The summed E-state index contributed by atoms with van der Waals surface area (Å²) in [4.78, 5) is 3.26. The van der Waals surface area contributed by atoms with Gasteiger partial charge in [-0.1, -0.05) is 15.9 Å². The Hall–Kier alpha value is -1.33. The van der Waals surface area contributed by atoms with E-state index >= 15 is 0 Å². The van der Waals surface area contributed by atoms with Crippen LogP contribution in [0.25, 0.3) is 11.0 Å². The number of nitrogens with zero attached hydrogens (tertiary/aromatic N) is 1. The van der Waals surface area contributed by atoms with Crippen molar-refractivity contribution in [2.24, 2.45) is 0 Å². The molecule has 1 atom stereocenters. The summed E-state index contributed by atoms with van der Waals surface area (Å²) >= 11 is 9.00. The zero-order valence-electron chi connectivity index (χ0n) is 11.5. The van der Waals surface area contributed by atoms with Gasteiger partial charge in [0.2, 0.25) is 0 Å². The Kier molecular flexibility index (Phi) is 3.34. The molecule has 0 aliphatic heterocycles. The van der Waals surface area contributed by atoms with E-state index < -0.39 is 0 Å². The number of fused-ring (bicyclic) bond motifs is 1. The lowest BCUT2D eigenvalue weighted by Crippen LogP contribution is -2.07. The molecule has 0 saturated carbocycles. The van der Waals surface area contributed by atoms with Gasteiger partial charge in [-0.05, 0) is 57.3 Å². The van der Waals surface area contributed by atoms with Gasteiger partial charge >= 0.3 is 0 Å². The van der Waals surface area contributed by atoms with Gasteiger partial charge in [0.05, 0.1) is 17.1 Å². The third kappa shape index (κ3) is 2.15. The third-order valence-electron chi connectivity index (χ3n) is 3.60. The zero-order chi connectivity index (χ0) is 14.4. The van der Waals surface area contributed by atoms with Crippen LogP contribution in [0.4, 0.5) is 0 Å². The minimum Gasteiger partial charge on any atom is -0.466 e. The Morgan fingerprint density at radius 3 is 2.70 bits per heavy atom. The first-order chi connectivity index (χ1) is 9.47. The van der Waals surface area contributed by atoms with Crippen LogP contribution < -0.4 is 0 Å². The van der Waals surface area contributed by atoms with Gasteiger partial charge in [-0.25, -0.2) is 0 Å². The number of halogens is 1. The highest BCUT2D eigenvalue weighted by Crippen LogP contribution is 2.29. The summed E-state index contributed by atoms with van der Waals surface area (Å²) in [5.74, 6) is 1.87. The van der Waals surface area contributed by atoms with E-state index in [1.54, 1.807) is 0 Å². The van der Waals surface area contributed by atoms with Crippen molar-refractivity contribution in [1.82, 2.24) is 9.55 Å². The molecule has 3 nitrogen and oxygen atoms in total. The van der Waals surface area contributed by atoms with Crippen LogP contribution in [0.15, 0.2) is 33.2 Å². The fourth-order valence-corrected chi connectivity index (χ4v) is 3.40. The molecule has 2 heterocycles. The summed E-state index contributed by atoms with van der Waals surface area (Å²) in [6.07, 6.45) is 0. The van der Waals surface area contributed by atoms with E-state index in [1.807, 2.05) is 26.0 Å². The molecule has 0 aliphatic carbocycles. The van der Waals surface area contributed by atoms with Crippen LogP contribution in [0, 0.1) is 18.6 Å². The molecule has 104 valence electrons. The van der Waals surface area contributed by atoms with E-state index in [4.69, 9.17) is 16.6 Å². The zero-order valence-corrected chi connectivity index (χ0v) is 13.9. The molecule has 0 bridgehead atoms. The van der Waals surface area contributed by atoms with E-state index in [0.717, 1.165) is 31.8 Å². The highest BCUT2D eigenvalue weighted by molar-refractivity contribution is 9.10. The van der Waals surface area contributed by atoms with Crippen LogP contribution in [0.2, 0.25) is 0 Å². The molecule has 1 unspecified atom stereocenters. The summed E-state index contributed by atoms with van der Waals surface area (Å²) < 4.78 is 9.54. The largest absolute Gasteiger partial charge is 0.466 e. The fraction of sp³-hybridized carbons (Fsp3) is 0.267. The van der Waals surface area contributed by atoms with Crippen molar-refractivity contribution in [2.75, 3.05) is 0 Å². The van der Waals surface area contributed by atoms with Crippen molar-refractivity contribution in [3.8, 4) is 0 Å². The van der Waals surface area contributed by atoms with Crippen molar-refractivity contribution in [1.29, 1.82) is 0 Å². The normalized spacial score (nSPS) is 13.0. The lowest BCUT2D eigenvalue weighted by Gasteiger charge is -2.14. The molecular formula is C15H15BrN2OS. The van der Waals surface area contributed by atoms with Crippen LogP contribution >= 0.6 is 28.1 Å². The predicted molar refractivity (Wildman–Crippen MR) is 86.8 cm³/mol. The molecule has 3 rings (SSSR count). The number of rotatable bonds is 2. The Morgan fingerprint density at radius 2 is 2.05 bits per heavy atom. The van der Waals surface area contributed by atoms with Gasteiger partial charge in [0, 0.05) is 10.0 Å². The van der Waals surface area contributed by atoms with Gasteiger partial charge < -0.3 is 14.0 Å². The molecule has 5 heteroatoms. The topological polar surface area (TPSA) is 33.9 Å². The Bertz CT molecular complexity index is 843. The van der Waals surface area contributed by atoms with Crippen LogP contribution in [0.3, 0.4) is 0 Å². The molecule has 0 spiro atoms. The monoisotopic (exact) mass is 350 g/mol. The minimum atomic E-state index is 0.128. The van der Waals surface area contributed by atoms with Crippen molar-refractivity contribution < 1.29 is 4.42 Å². The Balaban J connectivity index is 2.23. The predicted octanol–water partition coefficient (Wildman–Crippen LogP) is 5.28. The summed E-state index contributed by atoms with van der Waals surface area (Å²) in [5.41, 5.74) is 3.30. The number of aromatic amines is 1. The number of H-pyrrole nitrogens is 1.